The van der Waals surface area contributed by atoms with Crippen LogP contribution in [-0.4, -0.2) is 6.54 Å². The van der Waals surface area contributed by atoms with Gasteiger partial charge in [-0.1, -0.05) is 36.4 Å². The van der Waals surface area contributed by atoms with Gasteiger partial charge in [-0.05, 0) is 41.7 Å². The van der Waals surface area contributed by atoms with E-state index in [1.54, 1.807) is 0 Å². The van der Waals surface area contributed by atoms with Crippen molar-refractivity contribution in [3.8, 4) is 11.1 Å². The van der Waals surface area contributed by atoms with Gasteiger partial charge in [-0.2, -0.15) is 0 Å². The molecule has 0 spiro atoms. The molecule has 1 aliphatic heterocycles. The molecule has 1 nitrogen and oxygen atoms in total. The Labute approximate surface area is 96.1 Å². The summed E-state index contributed by atoms with van der Waals surface area (Å²) in [5.74, 6) is 0. The van der Waals surface area contributed by atoms with E-state index in [-0.39, 0.29) is 0 Å². The van der Waals surface area contributed by atoms with E-state index in [4.69, 9.17) is 0 Å². The molecule has 0 aromatic heterocycles. The van der Waals surface area contributed by atoms with E-state index in [1.165, 1.54) is 27.9 Å². The van der Waals surface area contributed by atoms with Gasteiger partial charge in [0.15, 0.2) is 0 Å². The molecule has 0 unspecified atom stereocenters. The first-order valence-corrected chi connectivity index (χ1v) is 5.77. The van der Waals surface area contributed by atoms with Crippen LogP contribution >= 0.6 is 0 Å². The molecule has 0 aliphatic carbocycles. The van der Waals surface area contributed by atoms with Crippen molar-refractivity contribution in [1.29, 1.82) is 0 Å². The van der Waals surface area contributed by atoms with E-state index in [0.717, 1.165) is 13.0 Å². The number of benzene rings is 2. The minimum Gasteiger partial charge on any atom is -0.384 e. The summed E-state index contributed by atoms with van der Waals surface area (Å²) in [5.41, 5.74) is 6.83. The molecule has 0 fully saturated rings. The number of aryl methyl sites for hydroxylation is 1. The third kappa shape index (κ3) is 1.49. The van der Waals surface area contributed by atoms with Gasteiger partial charge in [-0.3, -0.25) is 0 Å². The van der Waals surface area contributed by atoms with Gasteiger partial charge in [0.1, 0.15) is 0 Å². The van der Waals surface area contributed by atoms with Crippen LogP contribution in [0.1, 0.15) is 11.1 Å². The van der Waals surface area contributed by atoms with Crippen LogP contribution in [0.4, 0.5) is 5.69 Å². The second-order valence-corrected chi connectivity index (χ2v) is 4.38. The highest BCUT2D eigenvalue weighted by molar-refractivity contribution is 5.76. The standard InChI is InChI=1S/C15H15N/c1-11-9-14(12-5-3-2-4-6-12)13-7-8-16-15(13)10-11/h2-6,9-10,16H,7-8H2,1H3. The predicted molar refractivity (Wildman–Crippen MR) is 68.8 cm³/mol. The minimum atomic E-state index is 1.07. The summed E-state index contributed by atoms with van der Waals surface area (Å²) in [7, 11) is 0. The number of anilines is 1. The second-order valence-electron chi connectivity index (χ2n) is 4.38. The smallest absolute Gasteiger partial charge is 0.0382 e. The first kappa shape index (κ1) is 9.46. The van der Waals surface area contributed by atoms with Crippen molar-refractivity contribution in [2.45, 2.75) is 13.3 Å². The van der Waals surface area contributed by atoms with Gasteiger partial charge < -0.3 is 5.32 Å². The predicted octanol–water partition coefficient (Wildman–Crippen LogP) is 3.63. The maximum atomic E-state index is 3.45. The van der Waals surface area contributed by atoms with Gasteiger partial charge in [-0.25, -0.2) is 0 Å². The number of hydrogen-bond acceptors (Lipinski definition) is 1. The molecule has 1 heterocycles. The topological polar surface area (TPSA) is 12.0 Å². The van der Waals surface area contributed by atoms with Gasteiger partial charge in [0.2, 0.25) is 0 Å². The zero-order chi connectivity index (χ0) is 11.0. The van der Waals surface area contributed by atoms with Gasteiger partial charge >= 0.3 is 0 Å². The second kappa shape index (κ2) is 3.67. The molecular formula is C15H15N. The summed E-state index contributed by atoms with van der Waals surface area (Å²) in [6.07, 6.45) is 1.14. The van der Waals surface area contributed by atoms with Crippen molar-refractivity contribution < 1.29 is 0 Å². The van der Waals surface area contributed by atoms with Crippen LogP contribution < -0.4 is 5.32 Å². The summed E-state index contributed by atoms with van der Waals surface area (Å²) in [4.78, 5) is 0. The molecule has 0 bridgehead atoms. The minimum absolute atomic E-state index is 1.07. The first-order valence-electron chi connectivity index (χ1n) is 5.77. The van der Waals surface area contributed by atoms with E-state index in [1.807, 2.05) is 0 Å². The molecule has 2 aromatic rings. The highest BCUT2D eigenvalue weighted by Crippen LogP contribution is 2.34. The molecule has 2 aromatic carbocycles. The van der Waals surface area contributed by atoms with Crippen molar-refractivity contribution >= 4 is 5.69 Å². The Kier molecular flexibility index (Phi) is 2.17. The summed E-state index contributed by atoms with van der Waals surface area (Å²) in [6.45, 7) is 3.23. The monoisotopic (exact) mass is 209 g/mol. The summed E-state index contributed by atoms with van der Waals surface area (Å²) in [6, 6.07) is 15.2. The SMILES string of the molecule is Cc1cc2c(c(-c3ccccc3)c1)CCN2. The van der Waals surface area contributed by atoms with Crippen LogP contribution in [0.15, 0.2) is 42.5 Å². The Hall–Kier alpha value is -1.76. The van der Waals surface area contributed by atoms with E-state index in [0.29, 0.717) is 0 Å². The van der Waals surface area contributed by atoms with Crippen molar-refractivity contribution in [3.63, 3.8) is 0 Å². The Balaban J connectivity index is 2.21. The normalized spacial score (nSPS) is 13.3. The van der Waals surface area contributed by atoms with Gasteiger partial charge in [0.25, 0.3) is 0 Å². The number of rotatable bonds is 1. The lowest BCUT2D eigenvalue weighted by atomic mass is 9.96. The van der Waals surface area contributed by atoms with Crippen LogP contribution in [-0.2, 0) is 6.42 Å². The van der Waals surface area contributed by atoms with Crippen LogP contribution in [0, 0.1) is 6.92 Å². The molecule has 80 valence electrons. The molecule has 0 amide bonds. The van der Waals surface area contributed by atoms with E-state index >= 15 is 0 Å². The molecule has 16 heavy (non-hydrogen) atoms. The first-order chi connectivity index (χ1) is 7.84. The molecular weight excluding hydrogens is 194 g/mol. The maximum absolute atomic E-state index is 3.45. The van der Waals surface area contributed by atoms with Crippen LogP contribution in [0.3, 0.4) is 0 Å². The molecule has 3 rings (SSSR count). The quantitative estimate of drug-likeness (QED) is 0.756. The highest BCUT2D eigenvalue weighted by atomic mass is 14.9. The molecule has 0 saturated carbocycles. The van der Waals surface area contributed by atoms with Crippen molar-refractivity contribution in [2.75, 3.05) is 11.9 Å². The lowest BCUT2D eigenvalue weighted by Crippen LogP contribution is -1.90. The Morgan fingerprint density at radius 1 is 1.06 bits per heavy atom. The maximum Gasteiger partial charge on any atom is 0.0382 e. The highest BCUT2D eigenvalue weighted by Gasteiger charge is 2.15. The van der Waals surface area contributed by atoms with Crippen LogP contribution in [0.2, 0.25) is 0 Å². The largest absolute Gasteiger partial charge is 0.384 e. The third-order valence-electron chi connectivity index (χ3n) is 3.17. The summed E-state index contributed by atoms with van der Waals surface area (Å²) >= 11 is 0. The number of fused-ring (bicyclic) bond motifs is 1. The van der Waals surface area contributed by atoms with Crippen molar-refractivity contribution in [3.05, 3.63) is 53.6 Å². The summed E-state index contributed by atoms with van der Waals surface area (Å²) in [5, 5.41) is 3.45. The van der Waals surface area contributed by atoms with E-state index in [9.17, 15) is 0 Å². The van der Waals surface area contributed by atoms with E-state index < -0.39 is 0 Å². The van der Waals surface area contributed by atoms with Crippen molar-refractivity contribution in [2.24, 2.45) is 0 Å². The third-order valence-corrected chi connectivity index (χ3v) is 3.17. The van der Waals surface area contributed by atoms with Gasteiger partial charge in [-0.15, -0.1) is 0 Å². The van der Waals surface area contributed by atoms with Gasteiger partial charge in [0, 0.05) is 12.2 Å². The van der Waals surface area contributed by atoms with Crippen LogP contribution in [0.25, 0.3) is 11.1 Å². The number of hydrogen-bond donors (Lipinski definition) is 1. The molecule has 0 atom stereocenters. The zero-order valence-electron chi connectivity index (χ0n) is 9.46. The average molecular weight is 209 g/mol. The van der Waals surface area contributed by atoms with Crippen LogP contribution in [0.5, 0.6) is 0 Å². The fourth-order valence-electron chi connectivity index (χ4n) is 2.44. The number of nitrogens with one attached hydrogen (secondary N) is 1. The van der Waals surface area contributed by atoms with E-state index in [2.05, 4.69) is 54.7 Å². The zero-order valence-corrected chi connectivity index (χ0v) is 9.46. The lowest BCUT2D eigenvalue weighted by Gasteiger charge is -2.09. The Bertz CT molecular complexity index is 514. The molecule has 0 saturated heterocycles. The Morgan fingerprint density at radius 2 is 1.88 bits per heavy atom. The fraction of sp³-hybridized carbons (Fsp3) is 0.200. The lowest BCUT2D eigenvalue weighted by molar-refractivity contribution is 1.11. The van der Waals surface area contributed by atoms with Crippen molar-refractivity contribution in [1.82, 2.24) is 0 Å². The molecule has 1 heteroatoms. The average Bonchev–Trinajstić information content (AvgIpc) is 2.77. The molecule has 0 radical (unpaired) electrons. The Morgan fingerprint density at radius 3 is 2.69 bits per heavy atom. The van der Waals surface area contributed by atoms with Gasteiger partial charge in [0.05, 0.1) is 0 Å². The molecule has 1 N–H and O–H groups in total. The summed E-state index contributed by atoms with van der Waals surface area (Å²) < 4.78 is 0. The molecule has 1 aliphatic rings. The fourth-order valence-corrected chi connectivity index (χ4v) is 2.44.